The molecule has 1 aromatic rings. The van der Waals surface area contributed by atoms with Crippen LogP contribution < -0.4 is 10.1 Å². The number of amides is 1. The van der Waals surface area contributed by atoms with E-state index in [1.54, 1.807) is 24.3 Å². The van der Waals surface area contributed by atoms with Crippen molar-refractivity contribution in [3.63, 3.8) is 0 Å². The van der Waals surface area contributed by atoms with E-state index in [1.165, 1.54) is 12.8 Å². The van der Waals surface area contributed by atoms with Crippen LogP contribution in [0.2, 0.25) is 0 Å². The molecule has 6 heteroatoms. The number of rotatable bonds is 4. The van der Waals surface area contributed by atoms with E-state index >= 15 is 0 Å². The van der Waals surface area contributed by atoms with Crippen LogP contribution in [0.5, 0.6) is 5.75 Å². The molecule has 120 valence electrons. The van der Waals surface area contributed by atoms with Gasteiger partial charge in [0.15, 0.2) is 9.84 Å². The molecule has 3 rings (SSSR count). The van der Waals surface area contributed by atoms with Crippen LogP contribution in [0, 0.1) is 0 Å². The summed E-state index contributed by atoms with van der Waals surface area (Å²) in [6.07, 6.45) is 5.42. The normalized spacial score (nSPS) is 24.3. The highest BCUT2D eigenvalue weighted by atomic mass is 32.2. The Balaban J connectivity index is 1.56. The van der Waals surface area contributed by atoms with Gasteiger partial charge in [-0.1, -0.05) is 0 Å². The standard InChI is InChI=1S/C16H21NO4S/c18-16(17-13-9-10-22(19,20)11-13)12-5-7-15(8-6-12)21-14-3-1-2-4-14/h5-8,13-14H,1-4,9-11H2,(H,17,18)/t13-/m0/s1. The van der Waals surface area contributed by atoms with Gasteiger partial charge in [0, 0.05) is 11.6 Å². The number of hydrogen-bond acceptors (Lipinski definition) is 4. The number of ether oxygens (including phenoxy) is 1. The van der Waals surface area contributed by atoms with Gasteiger partial charge < -0.3 is 10.1 Å². The van der Waals surface area contributed by atoms with Crippen molar-refractivity contribution in [2.24, 2.45) is 0 Å². The molecular formula is C16H21NO4S. The highest BCUT2D eigenvalue weighted by Gasteiger charge is 2.29. The number of benzene rings is 1. The summed E-state index contributed by atoms with van der Waals surface area (Å²) in [6, 6.07) is 6.79. The molecule has 0 bridgehead atoms. The number of sulfone groups is 1. The molecule has 1 atom stereocenters. The Morgan fingerprint density at radius 3 is 2.36 bits per heavy atom. The van der Waals surface area contributed by atoms with Crippen LogP contribution in [0.4, 0.5) is 0 Å². The van der Waals surface area contributed by atoms with Crippen molar-refractivity contribution in [2.75, 3.05) is 11.5 Å². The van der Waals surface area contributed by atoms with Gasteiger partial charge in [0.05, 0.1) is 17.6 Å². The predicted octanol–water partition coefficient (Wildman–Crippen LogP) is 1.92. The Hall–Kier alpha value is -1.56. The maximum absolute atomic E-state index is 12.1. The monoisotopic (exact) mass is 323 g/mol. The lowest BCUT2D eigenvalue weighted by Crippen LogP contribution is -2.35. The minimum absolute atomic E-state index is 0.0433. The van der Waals surface area contributed by atoms with E-state index in [1.807, 2.05) is 0 Å². The maximum Gasteiger partial charge on any atom is 0.251 e. The van der Waals surface area contributed by atoms with E-state index in [4.69, 9.17) is 4.74 Å². The smallest absolute Gasteiger partial charge is 0.251 e. The highest BCUT2D eigenvalue weighted by molar-refractivity contribution is 7.91. The van der Waals surface area contributed by atoms with E-state index in [2.05, 4.69) is 5.32 Å². The molecule has 0 spiro atoms. The van der Waals surface area contributed by atoms with Crippen LogP contribution in [-0.2, 0) is 9.84 Å². The fourth-order valence-electron chi connectivity index (χ4n) is 3.06. The first-order valence-corrected chi connectivity index (χ1v) is 9.62. The van der Waals surface area contributed by atoms with Crippen LogP contribution in [0.25, 0.3) is 0 Å². The summed E-state index contributed by atoms with van der Waals surface area (Å²) < 4.78 is 28.7. The molecule has 1 aliphatic heterocycles. The first-order valence-electron chi connectivity index (χ1n) is 7.80. The van der Waals surface area contributed by atoms with Crippen molar-refractivity contribution in [3.8, 4) is 5.75 Å². The average molecular weight is 323 g/mol. The second-order valence-electron chi connectivity index (χ2n) is 6.12. The molecule has 0 unspecified atom stereocenters. The summed E-state index contributed by atoms with van der Waals surface area (Å²) in [7, 11) is -2.98. The molecule has 1 amide bonds. The number of hydrogen-bond donors (Lipinski definition) is 1. The SMILES string of the molecule is O=C(N[C@H]1CCS(=O)(=O)C1)c1ccc(OC2CCCC2)cc1. The molecule has 0 aromatic heterocycles. The van der Waals surface area contributed by atoms with E-state index in [-0.39, 0.29) is 23.5 Å². The Morgan fingerprint density at radius 1 is 1.09 bits per heavy atom. The molecule has 2 fully saturated rings. The van der Waals surface area contributed by atoms with E-state index < -0.39 is 9.84 Å². The van der Waals surface area contributed by atoms with Crippen LogP contribution in [0.15, 0.2) is 24.3 Å². The molecule has 1 aliphatic carbocycles. The van der Waals surface area contributed by atoms with Gasteiger partial charge in [-0.25, -0.2) is 8.42 Å². The van der Waals surface area contributed by atoms with Crippen molar-refractivity contribution in [3.05, 3.63) is 29.8 Å². The van der Waals surface area contributed by atoms with Crippen molar-refractivity contribution >= 4 is 15.7 Å². The second kappa shape index (κ2) is 6.28. The molecule has 0 radical (unpaired) electrons. The quantitative estimate of drug-likeness (QED) is 0.919. The highest BCUT2D eigenvalue weighted by Crippen LogP contribution is 2.24. The Morgan fingerprint density at radius 2 is 1.77 bits per heavy atom. The van der Waals surface area contributed by atoms with Crippen molar-refractivity contribution in [1.29, 1.82) is 0 Å². The minimum atomic E-state index is -2.98. The zero-order valence-electron chi connectivity index (χ0n) is 12.5. The molecule has 1 aromatic carbocycles. The van der Waals surface area contributed by atoms with Crippen LogP contribution in [0.1, 0.15) is 42.5 Å². The zero-order valence-corrected chi connectivity index (χ0v) is 13.3. The van der Waals surface area contributed by atoms with Gasteiger partial charge in [0.2, 0.25) is 0 Å². The minimum Gasteiger partial charge on any atom is -0.490 e. The second-order valence-corrected chi connectivity index (χ2v) is 8.35. The lowest BCUT2D eigenvalue weighted by molar-refractivity contribution is 0.0941. The molecule has 1 saturated heterocycles. The van der Waals surface area contributed by atoms with Crippen molar-refractivity contribution in [1.82, 2.24) is 5.32 Å². The third-order valence-electron chi connectivity index (χ3n) is 4.29. The molecule has 1 saturated carbocycles. The summed E-state index contributed by atoms with van der Waals surface area (Å²) in [5, 5.41) is 2.78. The third-order valence-corrected chi connectivity index (χ3v) is 6.06. The molecular weight excluding hydrogens is 302 g/mol. The summed E-state index contributed by atoms with van der Waals surface area (Å²) in [5.41, 5.74) is 0.531. The first kappa shape index (κ1) is 15.3. The fourth-order valence-corrected chi connectivity index (χ4v) is 4.73. The lowest BCUT2D eigenvalue weighted by Gasteiger charge is -2.14. The summed E-state index contributed by atoms with van der Waals surface area (Å²) in [5.74, 6) is 0.759. The predicted molar refractivity (Wildman–Crippen MR) is 83.9 cm³/mol. The molecule has 22 heavy (non-hydrogen) atoms. The molecule has 1 heterocycles. The van der Waals surface area contributed by atoms with E-state index in [9.17, 15) is 13.2 Å². The fraction of sp³-hybridized carbons (Fsp3) is 0.562. The van der Waals surface area contributed by atoms with Gasteiger partial charge >= 0.3 is 0 Å². The Bertz CT molecular complexity index is 633. The van der Waals surface area contributed by atoms with E-state index in [0.29, 0.717) is 18.1 Å². The zero-order chi connectivity index (χ0) is 15.6. The van der Waals surface area contributed by atoms with Gasteiger partial charge in [0.25, 0.3) is 5.91 Å². The van der Waals surface area contributed by atoms with Crippen molar-refractivity contribution < 1.29 is 17.9 Å². The number of nitrogens with one attached hydrogen (secondary N) is 1. The number of carbonyl (C=O) groups is 1. The molecule has 1 N–H and O–H groups in total. The topological polar surface area (TPSA) is 72.5 Å². The Kier molecular flexibility index (Phi) is 4.38. The van der Waals surface area contributed by atoms with Crippen molar-refractivity contribution in [2.45, 2.75) is 44.2 Å². The average Bonchev–Trinajstić information content (AvgIpc) is 3.09. The summed E-state index contributed by atoms with van der Waals surface area (Å²) in [6.45, 7) is 0. The number of carbonyl (C=O) groups excluding carboxylic acids is 1. The lowest BCUT2D eigenvalue weighted by atomic mass is 10.1. The van der Waals surface area contributed by atoms with Gasteiger partial charge in [-0.3, -0.25) is 4.79 Å². The summed E-state index contributed by atoms with van der Waals surface area (Å²) in [4.78, 5) is 12.1. The summed E-state index contributed by atoms with van der Waals surface area (Å²) >= 11 is 0. The van der Waals surface area contributed by atoms with Crippen LogP contribution in [0.3, 0.4) is 0 Å². The molecule has 2 aliphatic rings. The van der Waals surface area contributed by atoms with Crippen LogP contribution >= 0.6 is 0 Å². The maximum atomic E-state index is 12.1. The van der Waals surface area contributed by atoms with E-state index in [0.717, 1.165) is 18.6 Å². The van der Waals surface area contributed by atoms with Gasteiger partial charge in [-0.05, 0) is 56.4 Å². The third kappa shape index (κ3) is 3.80. The van der Waals surface area contributed by atoms with Gasteiger partial charge in [-0.2, -0.15) is 0 Å². The Labute approximate surface area is 131 Å². The van der Waals surface area contributed by atoms with Gasteiger partial charge in [-0.15, -0.1) is 0 Å². The molecule has 5 nitrogen and oxygen atoms in total. The van der Waals surface area contributed by atoms with Gasteiger partial charge in [0.1, 0.15) is 5.75 Å². The largest absolute Gasteiger partial charge is 0.490 e. The first-order chi connectivity index (χ1) is 10.5. The van der Waals surface area contributed by atoms with Crippen LogP contribution in [-0.4, -0.2) is 38.0 Å².